The monoisotopic (exact) mass is 207 g/mol. The van der Waals surface area contributed by atoms with Crippen LogP contribution in [0, 0.1) is 0 Å². The first-order valence-electron chi connectivity index (χ1n) is 5.55. The Morgan fingerprint density at radius 1 is 1.47 bits per heavy atom. The van der Waals surface area contributed by atoms with Crippen molar-refractivity contribution in [2.24, 2.45) is 5.73 Å². The molecule has 1 rings (SSSR count). The normalized spacial score (nSPS) is 11.3. The minimum atomic E-state index is 0.520. The van der Waals surface area contributed by atoms with Gasteiger partial charge in [-0.2, -0.15) is 0 Å². The molecular formula is C12H21N3. The Balaban J connectivity index is 2.78. The van der Waals surface area contributed by atoms with Crippen LogP contribution in [0.3, 0.4) is 0 Å². The predicted molar refractivity (Wildman–Crippen MR) is 63.3 cm³/mol. The molecule has 0 unspecified atom stereocenters. The van der Waals surface area contributed by atoms with Crippen molar-refractivity contribution in [3.8, 4) is 0 Å². The molecule has 2 N–H and O–H groups in total. The lowest BCUT2D eigenvalue weighted by molar-refractivity contribution is 0.224. The van der Waals surface area contributed by atoms with Crippen LogP contribution >= 0.6 is 0 Å². The number of rotatable bonds is 5. The molecule has 0 aliphatic carbocycles. The number of hydrogen-bond donors (Lipinski definition) is 1. The molecule has 84 valence electrons. The topological polar surface area (TPSA) is 42.2 Å². The van der Waals surface area contributed by atoms with Crippen LogP contribution in [-0.2, 0) is 13.1 Å². The van der Waals surface area contributed by atoms with Crippen molar-refractivity contribution < 1.29 is 0 Å². The fraction of sp³-hybridized carbons (Fsp3) is 0.583. The van der Waals surface area contributed by atoms with Crippen LogP contribution in [0.1, 0.15) is 32.0 Å². The maximum atomic E-state index is 5.66. The zero-order valence-corrected chi connectivity index (χ0v) is 9.90. The van der Waals surface area contributed by atoms with Gasteiger partial charge >= 0.3 is 0 Å². The summed E-state index contributed by atoms with van der Waals surface area (Å²) < 4.78 is 0. The number of aromatic nitrogens is 1. The maximum Gasteiger partial charge on any atom is 0.0584 e. The van der Waals surface area contributed by atoms with E-state index in [1.54, 1.807) is 6.20 Å². The third-order valence-electron chi connectivity index (χ3n) is 2.69. The molecule has 0 aliphatic rings. The summed E-state index contributed by atoms with van der Waals surface area (Å²) in [6, 6.07) is 4.64. The molecule has 3 heteroatoms. The van der Waals surface area contributed by atoms with E-state index in [0.717, 1.165) is 18.8 Å². The Bertz CT molecular complexity index is 297. The van der Waals surface area contributed by atoms with Gasteiger partial charge < -0.3 is 5.73 Å². The average Bonchev–Trinajstić information content (AvgIpc) is 2.25. The first-order valence-corrected chi connectivity index (χ1v) is 5.55. The number of hydrogen-bond acceptors (Lipinski definition) is 3. The third-order valence-corrected chi connectivity index (χ3v) is 2.69. The van der Waals surface area contributed by atoms with Gasteiger partial charge in [0.15, 0.2) is 0 Å². The van der Waals surface area contributed by atoms with Gasteiger partial charge in [0, 0.05) is 25.3 Å². The number of nitrogens with two attached hydrogens (primary N) is 1. The molecule has 0 saturated carbocycles. The highest BCUT2D eigenvalue weighted by Gasteiger charge is 2.10. The lowest BCUT2D eigenvalue weighted by atomic mass is 10.1. The zero-order chi connectivity index (χ0) is 11.3. The van der Waals surface area contributed by atoms with E-state index < -0.39 is 0 Å². The van der Waals surface area contributed by atoms with Gasteiger partial charge in [0.25, 0.3) is 0 Å². The summed E-state index contributed by atoms with van der Waals surface area (Å²) >= 11 is 0. The molecule has 0 aromatic carbocycles. The van der Waals surface area contributed by atoms with Gasteiger partial charge in [0.1, 0.15) is 0 Å². The van der Waals surface area contributed by atoms with Gasteiger partial charge in [-0.05, 0) is 32.0 Å². The second-order valence-corrected chi connectivity index (χ2v) is 3.97. The van der Waals surface area contributed by atoms with Crippen molar-refractivity contribution in [1.29, 1.82) is 0 Å². The van der Waals surface area contributed by atoms with E-state index in [1.807, 2.05) is 6.07 Å². The van der Waals surface area contributed by atoms with E-state index in [4.69, 9.17) is 5.73 Å². The van der Waals surface area contributed by atoms with Gasteiger partial charge in [0.05, 0.1) is 5.69 Å². The molecular weight excluding hydrogens is 186 g/mol. The Labute approximate surface area is 92.3 Å². The molecule has 0 spiro atoms. The van der Waals surface area contributed by atoms with Gasteiger partial charge in [-0.25, -0.2) is 0 Å². The van der Waals surface area contributed by atoms with Crippen LogP contribution < -0.4 is 5.73 Å². The van der Waals surface area contributed by atoms with Crippen molar-refractivity contribution >= 4 is 0 Å². The van der Waals surface area contributed by atoms with E-state index in [1.165, 1.54) is 5.56 Å². The summed E-state index contributed by atoms with van der Waals surface area (Å²) in [4.78, 5) is 6.69. The quantitative estimate of drug-likeness (QED) is 0.800. The smallest absolute Gasteiger partial charge is 0.0584 e. The highest BCUT2D eigenvalue weighted by atomic mass is 15.1. The predicted octanol–water partition coefficient (Wildman–Crippen LogP) is 1.77. The van der Waals surface area contributed by atoms with Crippen molar-refractivity contribution in [3.63, 3.8) is 0 Å². The molecule has 15 heavy (non-hydrogen) atoms. The van der Waals surface area contributed by atoms with E-state index in [-0.39, 0.29) is 0 Å². The second-order valence-electron chi connectivity index (χ2n) is 3.97. The van der Waals surface area contributed by atoms with E-state index in [0.29, 0.717) is 12.6 Å². The van der Waals surface area contributed by atoms with E-state index >= 15 is 0 Å². The second kappa shape index (κ2) is 5.83. The van der Waals surface area contributed by atoms with Crippen LogP contribution in [-0.4, -0.2) is 22.5 Å². The molecule has 0 saturated heterocycles. The van der Waals surface area contributed by atoms with E-state index in [2.05, 4.69) is 36.7 Å². The van der Waals surface area contributed by atoms with Crippen molar-refractivity contribution in [3.05, 3.63) is 29.6 Å². The highest BCUT2D eigenvalue weighted by Crippen LogP contribution is 2.10. The fourth-order valence-electron chi connectivity index (χ4n) is 1.68. The summed E-state index contributed by atoms with van der Waals surface area (Å²) in [6.45, 7) is 9.11. The minimum absolute atomic E-state index is 0.520. The Morgan fingerprint density at radius 2 is 2.20 bits per heavy atom. The lowest BCUT2D eigenvalue weighted by Gasteiger charge is -2.25. The van der Waals surface area contributed by atoms with Crippen LogP contribution in [0.25, 0.3) is 0 Å². The van der Waals surface area contributed by atoms with Crippen molar-refractivity contribution in [2.75, 3.05) is 6.54 Å². The van der Waals surface area contributed by atoms with Crippen molar-refractivity contribution in [1.82, 2.24) is 9.88 Å². The van der Waals surface area contributed by atoms with Gasteiger partial charge in [-0.1, -0.05) is 13.0 Å². The summed E-state index contributed by atoms with van der Waals surface area (Å²) in [6.07, 6.45) is 1.80. The van der Waals surface area contributed by atoms with Crippen LogP contribution in [0.2, 0.25) is 0 Å². The molecule has 0 fully saturated rings. The first-order chi connectivity index (χ1) is 7.19. The van der Waals surface area contributed by atoms with Crippen LogP contribution in [0.4, 0.5) is 0 Å². The maximum absolute atomic E-state index is 5.66. The molecule has 0 aliphatic heterocycles. The Kier molecular flexibility index (Phi) is 4.72. The largest absolute Gasteiger partial charge is 0.325 e. The third kappa shape index (κ3) is 3.29. The van der Waals surface area contributed by atoms with Crippen LogP contribution in [0.5, 0.6) is 0 Å². The number of pyridine rings is 1. The number of nitrogens with zero attached hydrogens (tertiary/aromatic N) is 2. The molecule has 0 radical (unpaired) electrons. The Morgan fingerprint density at radius 3 is 2.73 bits per heavy atom. The SMILES string of the molecule is CCN(Cc1cccnc1CN)C(C)C. The van der Waals surface area contributed by atoms with Gasteiger partial charge in [-0.15, -0.1) is 0 Å². The molecule has 0 amide bonds. The van der Waals surface area contributed by atoms with Crippen molar-refractivity contribution in [2.45, 2.75) is 39.9 Å². The van der Waals surface area contributed by atoms with Gasteiger partial charge in [0.2, 0.25) is 0 Å². The summed E-state index contributed by atoms with van der Waals surface area (Å²) in [7, 11) is 0. The summed E-state index contributed by atoms with van der Waals surface area (Å²) in [5.74, 6) is 0. The highest BCUT2D eigenvalue weighted by molar-refractivity contribution is 5.19. The first kappa shape index (κ1) is 12.1. The molecule has 0 atom stereocenters. The van der Waals surface area contributed by atoms with E-state index in [9.17, 15) is 0 Å². The lowest BCUT2D eigenvalue weighted by Crippen LogP contribution is -2.30. The molecule has 0 bridgehead atoms. The Hall–Kier alpha value is -0.930. The standard InChI is InChI=1S/C12H21N3/c1-4-15(10(2)3)9-11-6-5-7-14-12(11)8-13/h5-7,10H,4,8-9,13H2,1-3H3. The molecule has 1 heterocycles. The fourth-order valence-corrected chi connectivity index (χ4v) is 1.68. The molecule has 3 nitrogen and oxygen atoms in total. The summed E-state index contributed by atoms with van der Waals surface area (Å²) in [5, 5.41) is 0. The zero-order valence-electron chi connectivity index (χ0n) is 9.90. The molecule has 1 aromatic heterocycles. The van der Waals surface area contributed by atoms with Crippen LogP contribution in [0.15, 0.2) is 18.3 Å². The minimum Gasteiger partial charge on any atom is -0.325 e. The average molecular weight is 207 g/mol. The summed E-state index contributed by atoms with van der Waals surface area (Å²) in [5.41, 5.74) is 7.92. The van der Waals surface area contributed by atoms with Gasteiger partial charge in [-0.3, -0.25) is 9.88 Å². The molecule has 1 aromatic rings.